The van der Waals surface area contributed by atoms with Crippen LogP contribution in [-0.2, 0) is 9.59 Å². The van der Waals surface area contributed by atoms with E-state index in [0.29, 0.717) is 12.0 Å². The molecule has 0 radical (unpaired) electrons. The molecule has 2 aliphatic rings. The lowest BCUT2D eigenvalue weighted by Crippen LogP contribution is -2.61. The molecule has 0 aromatic rings. The molecule has 1 saturated heterocycles. The number of rotatable bonds is 5. The number of nitrogens with two attached hydrogens (primary N) is 1. The topological polar surface area (TPSA) is 133 Å². The zero-order chi connectivity index (χ0) is 15.9. The number of carbonyl (C=O) groups excluding carboxylic acids is 2. The number of thioether (sulfide) groups is 1. The summed E-state index contributed by atoms with van der Waals surface area (Å²) < 4.78 is 0. The molecule has 9 heteroatoms. The molecule has 4 unspecified atom stereocenters. The van der Waals surface area contributed by atoms with E-state index in [2.05, 4.69) is 5.32 Å². The second kappa shape index (κ2) is 5.57. The van der Waals surface area contributed by atoms with Crippen LogP contribution in [0.25, 0.3) is 0 Å². The molecule has 1 fully saturated rings. The van der Waals surface area contributed by atoms with E-state index in [9.17, 15) is 24.6 Å². The van der Waals surface area contributed by atoms with Gasteiger partial charge in [0.25, 0.3) is 0 Å². The van der Waals surface area contributed by atoms with Crippen LogP contribution in [0.1, 0.15) is 13.3 Å². The van der Waals surface area contributed by atoms with E-state index < -0.39 is 35.3 Å². The zero-order valence-electron chi connectivity index (χ0n) is 11.6. The van der Waals surface area contributed by atoms with Crippen molar-refractivity contribution in [3.63, 3.8) is 0 Å². The van der Waals surface area contributed by atoms with Gasteiger partial charge in [-0.05, 0) is 25.2 Å². The first-order chi connectivity index (χ1) is 9.79. The molecule has 2 heterocycles. The fourth-order valence-corrected chi connectivity index (χ4v) is 3.68. The lowest BCUT2D eigenvalue weighted by molar-refractivity contribution is -0.161. The van der Waals surface area contributed by atoms with Gasteiger partial charge < -0.3 is 26.2 Å². The third-order valence-electron chi connectivity index (χ3n) is 3.79. The van der Waals surface area contributed by atoms with Gasteiger partial charge in [0.05, 0.1) is 18.1 Å². The molecular formula is C12H17N3O5S. The number of nitrogens with zero attached hydrogens (tertiary/aromatic N) is 1. The Balaban J connectivity index is 2.34. The van der Waals surface area contributed by atoms with Crippen molar-refractivity contribution >= 4 is 29.7 Å². The molecule has 0 spiro atoms. The Kier molecular flexibility index (Phi) is 4.15. The highest BCUT2D eigenvalue weighted by molar-refractivity contribution is 7.99. The van der Waals surface area contributed by atoms with Crippen LogP contribution in [0.2, 0.25) is 0 Å². The van der Waals surface area contributed by atoms with Crippen LogP contribution in [0.15, 0.2) is 11.3 Å². The first-order valence-electron chi connectivity index (χ1n) is 6.35. The first kappa shape index (κ1) is 15.6. The molecule has 0 aliphatic carbocycles. The Labute approximate surface area is 125 Å². The maximum absolute atomic E-state index is 12.0. The molecule has 2 rings (SSSR count). The first-order valence-corrected chi connectivity index (χ1v) is 7.64. The number of β-lactam (4-membered cyclic amide) rings is 1. The van der Waals surface area contributed by atoms with Crippen molar-refractivity contribution in [2.45, 2.75) is 30.9 Å². The number of aliphatic hydroxyl groups is 1. The van der Waals surface area contributed by atoms with E-state index >= 15 is 0 Å². The molecule has 0 aromatic heterocycles. The second-order valence-electron chi connectivity index (χ2n) is 5.05. The number of urea groups is 1. The molecule has 4 atom stereocenters. The highest BCUT2D eigenvalue weighted by atomic mass is 32.2. The van der Waals surface area contributed by atoms with E-state index in [0.717, 1.165) is 0 Å². The second-order valence-corrected chi connectivity index (χ2v) is 5.99. The van der Waals surface area contributed by atoms with Gasteiger partial charge >= 0.3 is 12.0 Å². The molecule has 5 N–H and O–H groups in total. The molecular weight excluding hydrogens is 298 g/mol. The van der Waals surface area contributed by atoms with Crippen LogP contribution < -0.4 is 11.1 Å². The Hall–Kier alpha value is -1.74. The van der Waals surface area contributed by atoms with E-state index in [-0.39, 0.29) is 11.7 Å². The van der Waals surface area contributed by atoms with Gasteiger partial charge in [0, 0.05) is 0 Å². The molecule has 116 valence electrons. The molecule has 0 bridgehead atoms. The number of hydrogen-bond donors (Lipinski definition) is 4. The highest BCUT2D eigenvalue weighted by Crippen LogP contribution is 2.45. The summed E-state index contributed by atoms with van der Waals surface area (Å²) in [4.78, 5) is 35.7. The zero-order valence-corrected chi connectivity index (χ0v) is 12.4. The van der Waals surface area contributed by atoms with Crippen LogP contribution in [0.5, 0.6) is 0 Å². The fraction of sp³-hybridized carbons (Fsp3) is 0.583. The maximum atomic E-state index is 12.0. The Morgan fingerprint density at radius 3 is 2.57 bits per heavy atom. The number of fused-ring (bicyclic) bond motifs is 1. The molecule has 21 heavy (non-hydrogen) atoms. The van der Waals surface area contributed by atoms with Crippen molar-refractivity contribution in [1.82, 2.24) is 10.2 Å². The average Bonchev–Trinajstić information content (AvgIpc) is 2.70. The average molecular weight is 315 g/mol. The Morgan fingerprint density at radius 1 is 1.52 bits per heavy atom. The van der Waals surface area contributed by atoms with E-state index in [4.69, 9.17) is 5.73 Å². The summed E-state index contributed by atoms with van der Waals surface area (Å²) in [6.07, 6.45) is 1.16. The predicted octanol–water partition coefficient (Wildman–Crippen LogP) is -0.706. The third kappa shape index (κ3) is 2.46. The number of carboxylic acids is 1. The van der Waals surface area contributed by atoms with Crippen molar-refractivity contribution in [1.29, 1.82) is 0 Å². The molecule has 3 amide bonds. The van der Waals surface area contributed by atoms with Crippen LogP contribution in [0.4, 0.5) is 4.79 Å². The minimum Gasteiger partial charge on any atom is -0.477 e. The SMILES string of the molecule is CSC(NC(N)=O)C1=C(C(=O)O)N2C(=O)C(C(C)O)C2C1. The normalized spacial score (nSPS) is 27.0. The number of primary amides is 1. The summed E-state index contributed by atoms with van der Waals surface area (Å²) in [5, 5.41) is 20.8. The van der Waals surface area contributed by atoms with Crippen molar-refractivity contribution < 1.29 is 24.6 Å². The lowest BCUT2D eigenvalue weighted by Gasteiger charge is -2.44. The van der Waals surface area contributed by atoms with Gasteiger partial charge in [0.2, 0.25) is 5.91 Å². The third-order valence-corrected chi connectivity index (χ3v) is 4.66. The quantitative estimate of drug-likeness (QED) is 0.391. The molecule has 0 saturated carbocycles. The lowest BCUT2D eigenvalue weighted by atomic mass is 9.83. The van der Waals surface area contributed by atoms with Gasteiger partial charge in [-0.25, -0.2) is 9.59 Å². The number of amides is 3. The minimum absolute atomic E-state index is 0.116. The van der Waals surface area contributed by atoms with Gasteiger partial charge in [-0.2, -0.15) is 0 Å². The summed E-state index contributed by atoms with van der Waals surface area (Å²) in [6.45, 7) is 1.51. The maximum Gasteiger partial charge on any atom is 0.352 e. The van der Waals surface area contributed by atoms with E-state index in [1.165, 1.54) is 23.6 Å². The Morgan fingerprint density at radius 2 is 2.14 bits per heavy atom. The van der Waals surface area contributed by atoms with Crippen molar-refractivity contribution in [3.8, 4) is 0 Å². The number of carboxylic acid groups (broad SMARTS) is 1. The van der Waals surface area contributed by atoms with Crippen LogP contribution in [-0.4, -0.2) is 56.8 Å². The standard InChI is InChI=1S/C12H17N3O5S/c1-4(16)7-6-3-5(9(21-2)14-12(13)20)8(11(18)19)15(6)10(7)17/h4,6-7,9,16H,3H2,1-2H3,(H,18,19)(H3,13,14,20). The molecule has 0 aromatic carbocycles. The van der Waals surface area contributed by atoms with Gasteiger partial charge in [-0.15, -0.1) is 11.8 Å². The summed E-state index contributed by atoms with van der Waals surface area (Å²) in [5.41, 5.74) is 5.42. The number of nitrogens with one attached hydrogen (secondary N) is 1. The monoisotopic (exact) mass is 315 g/mol. The van der Waals surface area contributed by atoms with E-state index in [1.54, 1.807) is 6.26 Å². The smallest absolute Gasteiger partial charge is 0.352 e. The van der Waals surface area contributed by atoms with Gasteiger partial charge in [-0.1, -0.05) is 0 Å². The Bertz CT molecular complexity index is 533. The number of aliphatic carboxylic acids is 1. The minimum atomic E-state index is -1.23. The number of aliphatic hydroxyl groups excluding tert-OH is 1. The number of hydrogen-bond acceptors (Lipinski definition) is 5. The van der Waals surface area contributed by atoms with Crippen LogP contribution >= 0.6 is 11.8 Å². The van der Waals surface area contributed by atoms with Crippen molar-refractivity contribution in [3.05, 3.63) is 11.3 Å². The largest absolute Gasteiger partial charge is 0.477 e. The fourth-order valence-electron chi connectivity index (χ4n) is 2.96. The molecule has 2 aliphatic heterocycles. The summed E-state index contributed by atoms with van der Waals surface area (Å²) >= 11 is 1.23. The van der Waals surface area contributed by atoms with Gasteiger partial charge in [0.1, 0.15) is 11.1 Å². The summed E-state index contributed by atoms with van der Waals surface area (Å²) in [5.74, 6) is -2.23. The van der Waals surface area contributed by atoms with Crippen molar-refractivity contribution in [2.24, 2.45) is 11.7 Å². The van der Waals surface area contributed by atoms with Crippen LogP contribution in [0, 0.1) is 5.92 Å². The summed E-state index contributed by atoms with van der Waals surface area (Å²) in [7, 11) is 0. The van der Waals surface area contributed by atoms with Crippen LogP contribution in [0.3, 0.4) is 0 Å². The summed E-state index contributed by atoms with van der Waals surface area (Å²) in [6, 6.07) is -1.14. The molecule has 8 nitrogen and oxygen atoms in total. The highest BCUT2D eigenvalue weighted by Gasteiger charge is 2.57. The van der Waals surface area contributed by atoms with E-state index in [1.807, 2.05) is 0 Å². The predicted molar refractivity (Wildman–Crippen MR) is 75.1 cm³/mol. The number of carbonyl (C=O) groups is 3. The van der Waals surface area contributed by atoms with Crippen molar-refractivity contribution in [2.75, 3.05) is 6.26 Å². The van der Waals surface area contributed by atoms with Gasteiger partial charge in [0.15, 0.2) is 0 Å². The van der Waals surface area contributed by atoms with Gasteiger partial charge in [-0.3, -0.25) is 4.79 Å².